The lowest BCUT2D eigenvalue weighted by molar-refractivity contribution is -0.144. The first-order valence-corrected chi connectivity index (χ1v) is 50.2. The number of carbonyl (C=O) groups excluding carboxylic acids is 19. The number of carboxylic acids is 3. The highest BCUT2D eigenvalue weighted by molar-refractivity contribution is 7.98. The van der Waals surface area contributed by atoms with Crippen molar-refractivity contribution in [2.75, 3.05) is 51.3 Å². The average molecular weight is 2090 g/mol. The summed E-state index contributed by atoms with van der Waals surface area (Å²) in [6, 6.07) is -23.3. The number of amides is 19. The van der Waals surface area contributed by atoms with Gasteiger partial charge >= 0.3 is 17.9 Å². The number of likely N-dealkylation sites (tertiary alicyclic amines) is 2. The Labute approximate surface area is 850 Å². The lowest BCUT2D eigenvalue weighted by Crippen LogP contribution is -2.61. The molecular weight excluding hydrogens is 1940 g/mol. The quantitative estimate of drug-likeness (QED) is 0.0164. The van der Waals surface area contributed by atoms with E-state index in [0.29, 0.717) is 24.8 Å². The first-order chi connectivity index (χ1) is 68.6. The van der Waals surface area contributed by atoms with Crippen molar-refractivity contribution in [3.8, 4) is 5.75 Å². The maximum atomic E-state index is 14.9. The average Bonchev–Trinajstić information content (AvgIpc) is 1.67. The van der Waals surface area contributed by atoms with Crippen molar-refractivity contribution < 1.29 is 136 Å². The van der Waals surface area contributed by atoms with Gasteiger partial charge in [0.15, 0.2) is 5.96 Å². The van der Waals surface area contributed by atoms with E-state index in [2.05, 4.69) is 90.4 Å². The number of carboxylic acid groups (broad SMARTS) is 3. The van der Waals surface area contributed by atoms with Gasteiger partial charge in [-0.3, -0.25) is 106 Å². The highest BCUT2D eigenvalue weighted by Crippen LogP contribution is 2.24. The van der Waals surface area contributed by atoms with Crippen LogP contribution in [0, 0.1) is 23.2 Å². The molecule has 2 fully saturated rings. The number of hydrogen-bond acceptors (Lipinski definition) is 30. The van der Waals surface area contributed by atoms with Crippen LogP contribution in [0.25, 0.3) is 0 Å². The number of hydrogen-bond donors (Lipinski definition) is 29. The van der Waals surface area contributed by atoms with Crippen molar-refractivity contribution in [3.05, 3.63) is 29.8 Å². The number of nitrogens with one attached hydrogen (secondary N) is 18. The molecule has 0 aromatic heterocycles. The van der Waals surface area contributed by atoms with Gasteiger partial charge in [0.2, 0.25) is 112 Å². The number of aliphatic carboxylic acids is 3. The van der Waals surface area contributed by atoms with E-state index in [4.69, 9.17) is 34.1 Å². The Morgan fingerprint density at radius 1 is 0.432 bits per heavy atom. The third-order valence-corrected chi connectivity index (χ3v) is 24.7. The fourth-order valence-electron chi connectivity index (χ4n) is 15.6. The monoisotopic (exact) mass is 2090 g/mol. The minimum absolute atomic E-state index is 0.00131. The summed E-state index contributed by atoms with van der Waals surface area (Å²) in [5, 5.41) is 109. The predicted molar refractivity (Wildman–Crippen MR) is 529 cm³/mol. The summed E-state index contributed by atoms with van der Waals surface area (Å²) < 4.78 is 0. The number of guanidine groups is 1. The van der Waals surface area contributed by atoms with Gasteiger partial charge < -0.3 is 159 Å². The summed E-state index contributed by atoms with van der Waals surface area (Å²) in [7, 11) is 0. The molecule has 2 saturated heterocycles. The molecule has 53 nitrogen and oxygen atoms in total. The lowest BCUT2D eigenvalue weighted by Gasteiger charge is -2.31. The van der Waals surface area contributed by atoms with Crippen LogP contribution >= 0.6 is 11.8 Å². The molecule has 54 heteroatoms. The number of aromatic hydroxyl groups is 1. The molecule has 21 atom stereocenters. The maximum Gasteiger partial charge on any atom is 0.326 e. The van der Waals surface area contributed by atoms with Gasteiger partial charge in [0, 0.05) is 32.5 Å². The zero-order chi connectivity index (χ0) is 110. The smallest absolute Gasteiger partial charge is 0.326 e. The second kappa shape index (κ2) is 64.6. The van der Waals surface area contributed by atoms with E-state index in [1.807, 2.05) is 0 Å². The number of nitrogens with zero attached hydrogens (tertiary/aromatic N) is 2. The van der Waals surface area contributed by atoms with E-state index in [-0.39, 0.29) is 152 Å². The molecule has 2 aliphatic heterocycles. The second-order valence-electron chi connectivity index (χ2n) is 37.3. The van der Waals surface area contributed by atoms with Gasteiger partial charge in [0.25, 0.3) is 0 Å². The molecule has 0 saturated carbocycles. The number of carbonyl (C=O) groups is 22. The Morgan fingerprint density at radius 3 is 1.29 bits per heavy atom. The molecule has 19 amide bonds. The molecule has 2 aliphatic rings. The number of phenols is 1. The molecule has 1 aromatic rings. The van der Waals surface area contributed by atoms with Gasteiger partial charge in [-0.15, -0.1) is 0 Å². The molecule has 0 bridgehead atoms. The van der Waals surface area contributed by atoms with Crippen LogP contribution in [0.3, 0.4) is 0 Å². The number of aliphatic hydroxyl groups is 2. The third-order valence-electron chi connectivity index (χ3n) is 24.1. The zero-order valence-corrected chi connectivity index (χ0v) is 85.6. The van der Waals surface area contributed by atoms with Crippen LogP contribution in [0.1, 0.15) is 210 Å². The molecule has 3 rings (SSSR count). The van der Waals surface area contributed by atoms with Crippen LogP contribution in [0.4, 0.5) is 0 Å². The van der Waals surface area contributed by atoms with Crippen LogP contribution in [-0.2, 0) is 112 Å². The van der Waals surface area contributed by atoms with Crippen LogP contribution in [0.2, 0.25) is 0 Å². The molecule has 0 aliphatic carbocycles. The van der Waals surface area contributed by atoms with Crippen molar-refractivity contribution >= 4 is 148 Å². The molecule has 34 N–H and O–H groups in total. The van der Waals surface area contributed by atoms with Crippen molar-refractivity contribution in [3.63, 3.8) is 0 Å². The predicted octanol–water partition coefficient (Wildman–Crippen LogP) is -7.83. The van der Waals surface area contributed by atoms with Gasteiger partial charge in [-0.1, -0.05) is 60.1 Å². The zero-order valence-electron chi connectivity index (χ0n) is 84.7. The first-order valence-electron chi connectivity index (χ1n) is 48.9. The van der Waals surface area contributed by atoms with Gasteiger partial charge in [-0.05, 0) is 198 Å². The second-order valence-corrected chi connectivity index (χ2v) is 38.3. The number of phenolic OH excluding ortho intramolecular Hbond substituents is 1. The number of aliphatic hydroxyl groups excluding tert-OH is 2. The normalized spacial score (nSPS) is 17.2. The minimum Gasteiger partial charge on any atom is -0.508 e. The molecule has 0 radical (unpaired) electrons. The summed E-state index contributed by atoms with van der Waals surface area (Å²) in [5.74, 6) is -24.4. The third kappa shape index (κ3) is 44.4. The molecule has 2 heterocycles. The van der Waals surface area contributed by atoms with Crippen molar-refractivity contribution in [1.82, 2.24) is 100 Å². The highest BCUT2D eigenvalue weighted by atomic mass is 32.2. The Kier molecular flexibility index (Phi) is 56.2. The number of unbranched alkanes of at least 4 members (excludes halogenated alkanes) is 2. The summed E-state index contributed by atoms with van der Waals surface area (Å²) in [4.78, 5) is 304. The Hall–Kier alpha value is -13.2. The van der Waals surface area contributed by atoms with Crippen LogP contribution < -0.4 is 119 Å². The summed E-state index contributed by atoms with van der Waals surface area (Å²) in [6.45, 7) is 15.3. The van der Waals surface area contributed by atoms with Crippen molar-refractivity contribution in [2.24, 2.45) is 46.4 Å². The van der Waals surface area contributed by atoms with E-state index in [1.54, 1.807) is 47.8 Å². The molecule has 0 unspecified atom stereocenters. The van der Waals surface area contributed by atoms with Crippen LogP contribution in [0.5, 0.6) is 5.75 Å². The van der Waals surface area contributed by atoms with Gasteiger partial charge in [-0.25, -0.2) is 4.79 Å². The van der Waals surface area contributed by atoms with Crippen molar-refractivity contribution in [1.29, 1.82) is 5.41 Å². The molecule has 820 valence electrons. The van der Waals surface area contributed by atoms with Crippen LogP contribution in [0.15, 0.2) is 24.3 Å². The first kappa shape index (κ1) is 127. The van der Waals surface area contributed by atoms with Gasteiger partial charge in [-0.2, -0.15) is 11.8 Å². The van der Waals surface area contributed by atoms with Crippen molar-refractivity contribution in [2.45, 2.75) is 332 Å². The van der Waals surface area contributed by atoms with E-state index in [9.17, 15) is 136 Å². The molecule has 0 spiro atoms. The van der Waals surface area contributed by atoms with E-state index >= 15 is 0 Å². The largest absolute Gasteiger partial charge is 0.508 e. The molecule has 1 aromatic carbocycles. The number of primary amides is 1. The minimum atomic E-state index is -1.96. The molecule has 146 heavy (non-hydrogen) atoms. The fraction of sp³-hybridized carbons (Fsp3) is 0.685. The Bertz CT molecular complexity index is 4630. The maximum absolute atomic E-state index is 14.9. The van der Waals surface area contributed by atoms with Gasteiger partial charge in [0.1, 0.15) is 115 Å². The SMILES string of the molecule is CC[C@H](C)[C@H](N)C(=O)N[C@@H](CC(N)=O)C(=O)N[C@@H](CCC(=O)O)C(=O)N[C@@H](CC(C)C)C(=O)N[C@@H](CCSC)C(=O)N1CCC[C@H]1C(=O)N[C@@H](CCCCN)C(=O)N[C@@H](Cc1ccc(O)cc1)C(=O)N[C@@H](C)C(=O)N1CCC[C@H]1C(=O)N[C@@H](CCCCN)C(=O)N[C@@H](C)C(=O)N[C@@H](C)C(=O)N[C@@H](CO)C(=O)N[C@@H](C)C(=O)N[C@@H](CCCNC(=N)N)C(=O)N[C@H](C(=O)N[C@@H](CC(=O)O)C(=O)N[C@@H](CC(C)C)C(=O)O)[C@@H](C)O. The van der Waals surface area contributed by atoms with E-state index in [1.165, 1.54) is 66.6 Å². The lowest BCUT2D eigenvalue weighted by atomic mass is 9.98. The number of thioether (sulfide) groups is 1. The summed E-state index contributed by atoms with van der Waals surface area (Å²) >= 11 is 1.32. The fourth-order valence-corrected chi connectivity index (χ4v) is 16.1. The van der Waals surface area contributed by atoms with E-state index in [0.717, 1.165) is 13.8 Å². The Morgan fingerprint density at radius 2 is 0.822 bits per heavy atom. The van der Waals surface area contributed by atoms with Gasteiger partial charge in [0.05, 0.1) is 31.6 Å². The van der Waals surface area contributed by atoms with E-state index < -0.39 is 289 Å². The number of benzene rings is 1. The topological polar surface area (TPSA) is 862 Å². The summed E-state index contributed by atoms with van der Waals surface area (Å²) in [5.41, 5.74) is 29.0. The molecular formula is C92H153N25O28S. The Balaban J connectivity index is 1.82. The highest BCUT2D eigenvalue weighted by Gasteiger charge is 2.45. The summed E-state index contributed by atoms with van der Waals surface area (Å²) in [6.07, 6.45) is -1.55. The van der Waals surface area contributed by atoms with Crippen LogP contribution in [-0.4, -0.2) is 349 Å². The number of rotatable bonds is 67. The standard InChI is InChI=1S/C92H153N25O28S/c1-13-47(6)71(96)87(140)111-62(42-68(95)121)82(135)105-58(30-31-69(122)123)78(131)109-60(39-45(2)3)81(134)108-59(32-38-146-12)90(143)117-37-20-25-67(117)86(139)107-56(22-15-17-34-94)77(130)110-61(41-53-26-28-54(120)29-27-53)80(133)103-51(10)89(142)116-36-19-24-66(116)85(138)106-55(21-14-16-33-93)76(129)101-48(7)73(126)100-49(8)75(128)114-65(44-118)84(137)102-50(9)74(127)104-57(23-18-35-99-92(97)98)79(132)115-72(52(11)119)88(141)112-63(43-70(124)125)83(136)113-64(91(144)145)40-46(4)5/h26-29,45-52,55-67,71-72,118-120H,13-25,30-44,93-94,96H2,1-12H3,(H2,95,121)(H,100,126)(H,101,129)(H,102,137)(H,103,133)(H,104,127)(H,105,135)(H,106,138)(H,107,139)(H,108,134)(H,109,131)(H,110,130)(H,111,140)(H,112,141)(H,113,136)(H,114,128)(H,115,132)(H,122,123)(H,124,125)(H,144,145)(H4,97,98,99)/t47-,48-,49-,50-,51-,52+,55-,56-,57-,58-,59-,60-,61-,62-,63-,64-,65-,66-,67-,71-,72-/m0/s1. The number of nitrogens with two attached hydrogens (primary N) is 5.